The van der Waals surface area contributed by atoms with Crippen molar-refractivity contribution in [2.24, 2.45) is 0 Å². The molecule has 0 aliphatic carbocycles. The fourth-order valence-corrected chi connectivity index (χ4v) is 3.84. The largest absolute Gasteiger partial charge is 0.353 e. The maximum Gasteiger partial charge on any atom is 0.157 e. The third-order valence-electron chi connectivity index (χ3n) is 5.46. The van der Waals surface area contributed by atoms with E-state index in [9.17, 15) is 5.26 Å². The Bertz CT molecular complexity index is 571. The first kappa shape index (κ1) is 21.8. The average molecular weight is 374 g/mol. The summed E-state index contributed by atoms with van der Waals surface area (Å²) in [6.07, 6.45) is 6.22. The molecule has 0 N–H and O–H groups in total. The zero-order valence-electron chi connectivity index (χ0n) is 17.4. The van der Waals surface area contributed by atoms with E-state index in [4.69, 9.17) is 9.47 Å². The van der Waals surface area contributed by atoms with Gasteiger partial charge < -0.3 is 9.47 Å². The van der Waals surface area contributed by atoms with Gasteiger partial charge in [-0.05, 0) is 71.9 Å². The molecule has 1 aromatic rings. The van der Waals surface area contributed by atoms with Crippen molar-refractivity contribution in [2.75, 3.05) is 19.8 Å². The number of ether oxygens (including phenoxy) is 2. The molecule has 2 atom stereocenters. The first-order valence-corrected chi connectivity index (χ1v) is 10.3. The zero-order chi connectivity index (χ0) is 19.7. The minimum Gasteiger partial charge on any atom is -0.353 e. The van der Waals surface area contributed by atoms with Crippen molar-refractivity contribution in [3.05, 3.63) is 30.1 Å². The summed E-state index contributed by atoms with van der Waals surface area (Å²) >= 11 is 0. The molecule has 5 heteroatoms. The van der Waals surface area contributed by atoms with Gasteiger partial charge in [-0.1, -0.05) is 6.07 Å². The molecule has 2 rings (SSSR count). The molecule has 5 nitrogen and oxygen atoms in total. The van der Waals surface area contributed by atoms with Crippen LogP contribution >= 0.6 is 0 Å². The van der Waals surface area contributed by atoms with E-state index >= 15 is 0 Å². The molecule has 1 fully saturated rings. The van der Waals surface area contributed by atoms with E-state index < -0.39 is 5.41 Å². The maximum atomic E-state index is 10.2. The van der Waals surface area contributed by atoms with Crippen LogP contribution in [-0.4, -0.2) is 48.0 Å². The Balaban J connectivity index is 2.09. The molecule has 0 bridgehead atoms. The van der Waals surface area contributed by atoms with E-state index in [1.54, 1.807) is 6.20 Å². The average Bonchev–Trinajstić information content (AvgIpc) is 2.68. The molecule has 1 aromatic heterocycles. The van der Waals surface area contributed by atoms with Crippen LogP contribution in [0.5, 0.6) is 0 Å². The fourth-order valence-electron chi connectivity index (χ4n) is 3.84. The molecule has 0 aromatic carbocycles. The smallest absolute Gasteiger partial charge is 0.157 e. The molecule has 0 spiro atoms. The second-order valence-electron chi connectivity index (χ2n) is 8.00. The Morgan fingerprint density at radius 2 is 2.04 bits per heavy atom. The number of rotatable bonds is 10. The molecule has 27 heavy (non-hydrogen) atoms. The van der Waals surface area contributed by atoms with E-state index in [-0.39, 0.29) is 6.29 Å². The molecule has 0 amide bonds. The Hall–Kier alpha value is -1.48. The van der Waals surface area contributed by atoms with E-state index in [1.807, 2.05) is 18.2 Å². The van der Waals surface area contributed by atoms with Crippen molar-refractivity contribution >= 4 is 0 Å². The lowest BCUT2D eigenvalue weighted by Crippen LogP contribution is -2.41. The normalized spacial score (nSPS) is 20.0. The van der Waals surface area contributed by atoms with E-state index in [0.717, 1.165) is 44.5 Å². The monoisotopic (exact) mass is 373 g/mol. The van der Waals surface area contributed by atoms with Crippen LogP contribution in [-0.2, 0) is 14.9 Å². The van der Waals surface area contributed by atoms with Crippen LogP contribution in [0.25, 0.3) is 0 Å². The molecule has 150 valence electrons. The van der Waals surface area contributed by atoms with Crippen LogP contribution in [0.1, 0.15) is 65.5 Å². The second-order valence-corrected chi connectivity index (χ2v) is 8.00. The van der Waals surface area contributed by atoms with Crippen molar-refractivity contribution in [3.8, 4) is 6.07 Å². The van der Waals surface area contributed by atoms with E-state index in [2.05, 4.69) is 43.6 Å². The fraction of sp³-hybridized carbons (Fsp3) is 0.727. The van der Waals surface area contributed by atoms with Crippen LogP contribution in [0, 0.1) is 11.3 Å². The molecule has 2 unspecified atom stereocenters. The van der Waals surface area contributed by atoms with Crippen LogP contribution in [0.15, 0.2) is 24.4 Å². The lowest BCUT2D eigenvalue weighted by molar-refractivity contribution is -0.164. The Morgan fingerprint density at radius 1 is 1.26 bits per heavy atom. The van der Waals surface area contributed by atoms with Gasteiger partial charge in [0, 0.05) is 31.4 Å². The highest BCUT2D eigenvalue weighted by molar-refractivity contribution is 5.26. The minimum atomic E-state index is -0.641. The number of nitriles is 1. The van der Waals surface area contributed by atoms with Crippen LogP contribution in [0.2, 0.25) is 0 Å². The van der Waals surface area contributed by atoms with Crippen LogP contribution < -0.4 is 0 Å². The van der Waals surface area contributed by atoms with Crippen molar-refractivity contribution in [2.45, 2.75) is 83.6 Å². The van der Waals surface area contributed by atoms with Crippen molar-refractivity contribution < 1.29 is 9.47 Å². The summed E-state index contributed by atoms with van der Waals surface area (Å²) in [5.74, 6) is 0. The highest BCUT2D eigenvalue weighted by Gasteiger charge is 2.35. The van der Waals surface area contributed by atoms with Gasteiger partial charge in [0.25, 0.3) is 0 Å². The third-order valence-corrected chi connectivity index (χ3v) is 5.46. The Morgan fingerprint density at radius 3 is 2.59 bits per heavy atom. The van der Waals surface area contributed by atoms with E-state index in [1.165, 1.54) is 0 Å². The van der Waals surface area contributed by atoms with Gasteiger partial charge in [-0.25, -0.2) is 0 Å². The van der Waals surface area contributed by atoms with Gasteiger partial charge in [0.2, 0.25) is 0 Å². The predicted molar refractivity (Wildman–Crippen MR) is 107 cm³/mol. The highest BCUT2D eigenvalue weighted by Crippen LogP contribution is 2.31. The van der Waals surface area contributed by atoms with Gasteiger partial charge in [0.15, 0.2) is 6.29 Å². The molecule has 2 heterocycles. The molecule has 1 aliphatic rings. The van der Waals surface area contributed by atoms with E-state index in [0.29, 0.717) is 25.1 Å². The summed E-state index contributed by atoms with van der Waals surface area (Å²) < 4.78 is 11.6. The molecule has 0 saturated carbocycles. The first-order valence-electron chi connectivity index (χ1n) is 10.3. The summed E-state index contributed by atoms with van der Waals surface area (Å²) in [6.45, 7) is 11.0. The second kappa shape index (κ2) is 10.8. The van der Waals surface area contributed by atoms with Gasteiger partial charge in [-0.2, -0.15) is 5.26 Å². The summed E-state index contributed by atoms with van der Waals surface area (Å²) in [6, 6.07) is 9.30. The summed E-state index contributed by atoms with van der Waals surface area (Å²) in [4.78, 5) is 6.96. The molecule has 1 aliphatic heterocycles. The summed E-state index contributed by atoms with van der Waals surface area (Å²) in [7, 11) is 0. The lowest BCUT2D eigenvalue weighted by Gasteiger charge is -2.34. The first-order chi connectivity index (χ1) is 13.0. The third kappa shape index (κ3) is 6.27. The lowest BCUT2D eigenvalue weighted by atomic mass is 9.79. The van der Waals surface area contributed by atoms with Crippen LogP contribution in [0.3, 0.4) is 0 Å². The Labute approximate surface area is 164 Å². The van der Waals surface area contributed by atoms with Gasteiger partial charge >= 0.3 is 0 Å². The number of aromatic nitrogens is 1. The number of hydrogen-bond donors (Lipinski definition) is 0. The maximum absolute atomic E-state index is 10.2. The molecule has 1 saturated heterocycles. The minimum absolute atomic E-state index is 0.123. The Kier molecular flexibility index (Phi) is 8.69. The summed E-state index contributed by atoms with van der Waals surface area (Å²) in [5.41, 5.74) is 0.200. The van der Waals surface area contributed by atoms with Gasteiger partial charge in [-0.3, -0.25) is 9.88 Å². The highest BCUT2D eigenvalue weighted by atomic mass is 16.7. The topological polar surface area (TPSA) is 58.4 Å². The van der Waals surface area contributed by atoms with Gasteiger partial charge in [0.1, 0.15) is 5.41 Å². The zero-order valence-corrected chi connectivity index (χ0v) is 17.4. The predicted octanol–water partition coefficient (Wildman–Crippen LogP) is 4.29. The SMILES string of the molecule is CC(C)N(CCC(C#N)(CCOC1CCCCO1)c1ccccn1)C(C)C. The number of pyridine rings is 1. The van der Waals surface area contributed by atoms with Crippen molar-refractivity contribution in [1.29, 1.82) is 5.26 Å². The molecular weight excluding hydrogens is 338 g/mol. The van der Waals surface area contributed by atoms with Gasteiger partial charge in [0.05, 0.1) is 18.4 Å². The molecular formula is C22H35N3O2. The van der Waals surface area contributed by atoms with Crippen molar-refractivity contribution in [3.63, 3.8) is 0 Å². The summed E-state index contributed by atoms with van der Waals surface area (Å²) in [5, 5.41) is 10.2. The molecule has 0 radical (unpaired) electrons. The quantitative estimate of drug-likeness (QED) is 0.612. The van der Waals surface area contributed by atoms with Crippen molar-refractivity contribution in [1.82, 2.24) is 9.88 Å². The number of nitrogens with zero attached hydrogens (tertiary/aromatic N) is 3. The van der Waals surface area contributed by atoms with Crippen LogP contribution in [0.4, 0.5) is 0 Å². The van der Waals surface area contributed by atoms with Gasteiger partial charge in [-0.15, -0.1) is 0 Å². The standard InChI is InChI=1S/C22H35N3O2/c1-18(2)25(19(3)4)14-11-22(17-23,20-9-5-7-13-24-20)12-16-27-21-10-6-8-15-26-21/h5,7,9,13,18-19,21H,6,8,10-12,14-16H2,1-4H3. The number of hydrogen-bond acceptors (Lipinski definition) is 5.